The van der Waals surface area contributed by atoms with Crippen LogP contribution >= 0.6 is 12.4 Å². The number of hydrazone groups is 1. The van der Waals surface area contributed by atoms with Gasteiger partial charge in [-0.05, 0) is 0 Å². The average molecular weight is 151 g/mol. The van der Waals surface area contributed by atoms with Crippen LogP contribution < -0.4 is 0 Å². The van der Waals surface area contributed by atoms with Crippen molar-refractivity contribution in [2.45, 2.75) is 6.42 Å². The predicted molar refractivity (Wildman–Crippen MR) is 35.1 cm³/mol. The van der Waals surface area contributed by atoms with E-state index >= 15 is 0 Å². The number of hydrogen-bond donors (Lipinski definition) is 1. The summed E-state index contributed by atoms with van der Waals surface area (Å²) in [6, 6.07) is 0. The first-order chi connectivity index (χ1) is 3.80. The van der Waals surface area contributed by atoms with E-state index in [1.807, 2.05) is 0 Å². The fourth-order valence-corrected chi connectivity index (χ4v) is 0.539. The second-order valence-corrected chi connectivity index (χ2v) is 1.49. The Labute approximate surface area is 58.6 Å². The van der Waals surface area contributed by atoms with Crippen molar-refractivity contribution < 1.29 is 9.90 Å². The lowest BCUT2D eigenvalue weighted by molar-refractivity contribution is 0.152. The van der Waals surface area contributed by atoms with E-state index in [0.29, 0.717) is 6.54 Å². The van der Waals surface area contributed by atoms with Gasteiger partial charge in [0.25, 0.3) is 0 Å². The molecular weight excluding hydrogens is 144 g/mol. The third-order valence-electron chi connectivity index (χ3n) is 0.912. The molecule has 0 aromatic rings. The van der Waals surface area contributed by atoms with E-state index < -0.39 is 6.09 Å². The van der Waals surface area contributed by atoms with E-state index in [0.717, 1.165) is 11.4 Å². The van der Waals surface area contributed by atoms with Crippen LogP contribution in [0.2, 0.25) is 0 Å². The fraction of sp³-hybridized carbons (Fsp3) is 0.500. The van der Waals surface area contributed by atoms with Crippen LogP contribution in [0, 0.1) is 0 Å². The lowest BCUT2D eigenvalue weighted by Crippen LogP contribution is -2.20. The van der Waals surface area contributed by atoms with Gasteiger partial charge in [-0.25, -0.2) is 4.79 Å². The number of carboxylic acid groups (broad SMARTS) is 1. The second-order valence-electron chi connectivity index (χ2n) is 1.49. The molecule has 9 heavy (non-hydrogen) atoms. The molecule has 0 aromatic heterocycles. The van der Waals surface area contributed by atoms with Gasteiger partial charge < -0.3 is 5.11 Å². The number of hydrogen-bond acceptors (Lipinski definition) is 2. The quantitative estimate of drug-likeness (QED) is 0.555. The molecule has 1 amide bonds. The smallest absolute Gasteiger partial charge is 0.427 e. The molecule has 1 N–H and O–H groups in total. The van der Waals surface area contributed by atoms with E-state index in [2.05, 4.69) is 5.10 Å². The molecular formula is C4H7ClN2O2. The van der Waals surface area contributed by atoms with Gasteiger partial charge in [0.2, 0.25) is 0 Å². The summed E-state index contributed by atoms with van der Waals surface area (Å²) < 4.78 is 0. The van der Waals surface area contributed by atoms with Crippen LogP contribution in [0.15, 0.2) is 5.10 Å². The highest BCUT2D eigenvalue weighted by atomic mass is 35.5. The van der Waals surface area contributed by atoms with Crippen LogP contribution in [0.4, 0.5) is 4.79 Å². The Balaban J connectivity index is 0.000000640. The molecule has 0 aliphatic carbocycles. The number of halogens is 1. The normalized spacial score (nSPS) is 15.3. The lowest BCUT2D eigenvalue weighted by Gasteiger charge is -2.03. The van der Waals surface area contributed by atoms with Crippen LogP contribution in [0.3, 0.4) is 0 Å². The first-order valence-corrected chi connectivity index (χ1v) is 2.33. The molecule has 4 nitrogen and oxygen atoms in total. The molecule has 0 spiro atoms. The molecule has 0 unspecified atom stereocenters. The van der Waals surface area contributed by atoms with Gasteiger partial charge >= 0.3 is 6.09 Å². The van der Waals surface area contributed by atoms with E-state index in [1.165, 1.54) is 0 Å². The van der Waals surface area contributed by atoms with Crippen LogP contribution in [0.5, 0.6) is 0 Å². The molecule has 5 heteroatoms. The fourth-order valence-electron chi connectivity index (χ4n) is 0.539. The summed E-state index contributed by atoms with van der Waals surface area (Å²) >= 11 is 0. The molecule has 0 saturated heterocycles. The van der Waals surface area contributed by atoms with E-state index in [4.69, 9.17) is 5.11 Å². The Kier molecular flexibility index (Phi) is 3.01. The maximum absolute atomic E-state index is 10.0. The van der Waals surface area contributed by atoms with E-state index in [9.17, 15) is 4.79 Å². The number of rotatable bonds is 0. The van der Waals surface area contributed by atoms with Crippen LogP contribution in [0.1, 0.15) is 6.42 Å². The van der Waals surface area contributed by atoms with Crippen molar-refractivity contribution in [3.8, 4) is 0 Å². The lowest BCUT2D eigenvalue weighted by atomic mass is 10.5. The standard InChI is InChI=1S/C4H6N2O2.ClH/c7-4(8)6-3-1-2-5-6;/h2H,1,3H2,(H,7,8);1H. The van der Waals surface area contributed by atoms with Crippen molar-refractivity contribution in [3.63, 3.8) is 0 Å². The summed E-state index contributed by atoms with van der Waals surface area (Å²) in [5.41, 5.74) is 0. The SMILES string of the molecule is Cl.O=C(O)N1CCC=N1. The molecule has 0 radical (unpaired) electrons. The summed E-state index contributed by atoms with van der Waals surface area (Å²) in [7, 11) is 0. The minimum Gasteiger partial charge on any atom is -0.464 e. The Morgan fingerprint density at radius 1 is 1.78 bits per heavy atom. The molecule has 1 rings (SSSR count). The zero-order valence-electron chi connectivity index (χ0n) is 4.65. The van der Waals surface area contributed by atoms with Crippen LogP contribution in [0.25, 0.3) is 0 Å². The topological polar surface area (TPSA) is 52.9 Å². The molecule has 52 valence electrons. The van der Waals surface area contributed by atoms with Gasteiger partial charge in [-0.1, -0.05) is 0 Å². The molecule has 0 aromatic carbocycles. The first kappa shape index (κ1) is 8.23. The van der Waals surface area contributed by atoms with Crippen molar-refractivity contribution in [2.75, 3.05) is 6.54 Å². The molecule has 1 aliphatic heterocycles. The average Bonchev–Trinajstić information content (AvgIpc) is 2.12. The van der Waals surface area contributed by atoms with Crippen molar-refractivity contribution in [1.82, 2.24) is 5.01 Å². The van der Waals surface area contributed by atoms with Gasteiger partial charge in [0.1, 0.15) is 0 Å². The number of amides is 1. The maximum Gasteiger partial charge on any atom is 0.427 e. The number of nitrogens with zero attached hydrogens (tertiary/aromatic N) is 2. The monoisotopic (exact) mass is 150 g/mol. The van der Waals surface area contributed by atoms with Crippen molar-refractivity contribution in [2.24, 2.45) is 5.10 Å². The Hall–Kier alpha value is -0.770. The summed E-state index contributed by atoms with van der Waals surface area (Å²) in [6.07, 6.45) is 1.36. The molecule has 0 saturated carbocycles. The van der Waals surface area contributed by atoms with Gasteiger partial charge in [0.05, 0.1) is 6.54 Å². The zero-order chi connectivity index (χ0) is 5.98. The maximum atomic E-state index is 10.0. The number of carbonyl (C=O) groups is 1. The van der Waals surface area contributed by atoms with Crippen molar-refractivity contribution in [3.05, 3.63) is 0 Å². The van der Waals surface area contributed by atoms with Crippen molar-refractivity contribution in [1.29, 1.82) is 0 Å². The second kappa shape index (κ2) is 3.29. The predicted octanol–water partition coefficient (Wildman–Crippen LogP) is 0.778. The first-order valence-electron chi connectivity index (χ1n) is 2.33. The van der Waals surface area contributed by atoms with Gasteiger partial charge in [0, 0.05) is 12.6 Å². The van der Waals surface area contributed by atoms with Gasteiger partial charge in [-0.3, -0.25) is 0 Å². The largest absolute Gasteiger partial charge is 0.464 e. The summed E-state index contributed by atoms with van der Waals surface area (Å²) in [6.45, 7) is 0.509. The Morgan fingerprint density at radius 3 is 2.67 bits per heavy atom. The van der Waals surface area contributed by atoms with Crippen LogP contribution in [-0.4, -0.2) is 29.0 Å². The summed E-state index contributed by atoms with van der Waals surface area (Å²) in [5, 5.41) is 12.8. The third kappa shape index (κ3) is 1.89. The summed E-state index contributed by atoms with van der Waals surface area (Å²) in [5.74, 6) is 0. The Morgan fingerprint density at radius 2 is 2.44 bits per heavy atom. The third-order valence-corrected chi connectivity index (χ3v) is 0.912. The van der Waals surface area contributed by atoms with Gasteiger partial charge in [0.15, 0.2) is 0 Å². The highest BCUT2D eigenvalue weighted by molar-refractivity contribution is 5.85. The highest BCUT2D eigenvalue weighted by Crippen LogP contribution is 1.97. The minimum atomic E-state index is -0.973. The van der Waals surface area contributed by atoms with Gasteiger partial charge in [-0.15, -0.1) is 12.4 Å². The molecule has 0 fully saturated rings. The van der Waals surface area contributed by atoms with Gasteiger partial charge in [-0.2, -0.15) is 10.1 Å². The van der Waals surface area contributed by atoms with E-state index in [-0.39, 0.29) is 12.4 Å². The van der Waals surface area contributed by atoms with Crippen molar-refractivity contribution >= 4 is 24.7 Å². The highest BCUT2D eigenvalue weighted by Gasteiger charge is 2.11. The molecule has 1 heterocycles. The molecule has 0 bridgehead atoms. The molecule has 1 aliphatic rings. The van der Waals surface area contributed by atoms with E-state index in [1.54, 1.807) is 6.21 Å². The Bertz CT molecular complexity index is 137. The summed E-state index contributed by atoms with van der Waals surface area (Å²) in [4.78, 5) is 10.0. The minimum absolute atomic E-state index is 0. The van der Waals surface area contributed by atoms with Crippen LogP contribution in [-0.2, 0) is 0 Å². The molecule has 0 atom stereocenters. The zero-order valence-corrected chi connectivity index (χ0v) is 5.47.